The van der Waals surface area contributed by atoms with E-state index in [0.717, 1.165) is 16.8 Å². The molecule has 0 saturated heterocycles. The number of nitrogens with zero attached hydrogens (tertiary/aromatic N) is 2. The molecule has 0 aromatic heterocycles. The summed E-state index contributed by atoms with van der Waals surface area (Å²) in [4.78, 5) is 14.3. The van der Waals surface area contributed by atoms with Gasteiger partial charge < -0.3 is 10.2 Å². The molecule has 0 aliphatic carbocycles. The van der Waals surface area contributed by atoms with Crippen molar-refractivity contribution in [2.24, 2.45) is 0 Å². The molecule has 27 heavy (non-hydrogen) atoms. The van der Waals surface area contributed by atoms with Crippen molar-refractivity contribution in [2.75, 3.05) is 4.90 Å². The topological polar surface area (TPSA) is 56.1 Å². The number of nitriles is 1. The molecule has 1 atom stereocenters. The van der Waals surface area contributed by atoms with E-state index in [9.17, 15) is 10.1 Å². The number of rotatable bonds is 2. The highest BCUT2D eigenvalue weighted by Crippen LogP contribution is 2.37. The maximum Gasteiger partial charge on any atom is 0.266 e. The summed E-state index contributed by atoms with van der Waals surface area (Å²) in [6.45, 7) is 8.49. The van der Waals surface area contributed by atoms with Crippen molar-refractivity contribution in [3.05, 3.63) is 75.8 Å². The van der Waals surface area contributed by atoms with E-state index in [1.165, 1.54) is 5.56 Å². The number of thiol groups is 1. The molecule has 1 amide bonds. The third-order valence-electron chi connectivity index (χ3n) is 4.78. The van der Waals surface area contributed by atoms with Crippen LogP contribution in [0.4, 0.5) is 5.69 Å². The van der Waals surface area contributed by atoms with Gasteiger partial charge in [-0.3, -0.25) is 4.79 Å². The van der Waals surface area contributed by atoms with Gasteiger partial charge in [0, 0.05) is 5.69 Å². The molecule has 1 aliphatic rings. The average Bonchev–Trinajstić information content (AvgIpc) is 2.62. The van der Waals surface area contributed by atoms with Gasteiger partial charge in [0.25, 0.3) is 5.91 Å². The van der Waals surface area contributed by atoms with Crippen molar-refractivity contribution in [2.45, 2.75) is 39.3 Å². The van der Waals surface area contributed by atoms with Gasteiger partial charge in [-0.05, 0) is 35.1 Å². The second kappa shape index (κ2) is 7.13. The Hall–Kier alpha value is -2.71. The lowest BCUT2D eigenvalue weighted by Crippen LogP contribution is -2.46. The molecular weight excluding hydrogens is 354 g/mol. The Bertz CT molecular complexity index is 949. The van der Waals surface area contributed by atoms with Crippen LogP contribution in [0.2, 0.25) is 0 Å². The molecule has 3 rings (SSSR count). The zero-order chi connectivity index (χ0) is 19.8. The maximum absolute atomic E-state index is 12.4. The molecule has 1 heterocycles. The quantitative estimate of drug-likeness (QED) is 0.753. The van der Waals surface area contributed by atoms with Crippen LogP contribution in [-0.4, -0.2) is 5.91 Å². The molecule has 0 fully saturated rings. The highest BCUT2D eigenvalue weighted by molar-refractivity contribution is 7.84. The number of hydrogen-bond acceptors (Lipinski definition) is 4. The minimum absolute atomic E-state index is 0.0177. The number of aryl methyl sites for hydroxylation is 1. The van der Waals surface area contributed by atoms with E-state index in [0.29, 0.717) is 5.03 Å². The summed E-state index contributed by atoms with van der Waals surface area (Å²) >= 11 is 4.55. The van der Waals surface area contributed by atoms with Crippen LogP contribution in [0, 0.1) is 18.3 Å². The van der Waals surface area contributed by atoms with Crippen LogP contribution in [0.5, 0.6) is 0 Å². The molecule has 5 heteroatoms. The van der Waals surface area contributed by atoms with E-state index in [1.54, 1.807) is 0 Å². The second-order valence-corrected chi connectivity index (χ2v) is 8.14. The first-order valence-corrected chi connectivity index (χ1v) is 9.28. The Labute approximate surface area is 165 Å². The van der Waals surface area contributed by atoms with Crippen molar-refractivity contribution in [3.63, 3.8) is 0 Å². The van der Waals surface area contributed by atoms with E-state index >= 15 is 0 Å². The van der Waals surface area contributed by atoms with E-state index in [-0.39, 0.29) is 11.0 Å². The zero-order valence-electron chi connectivity index (χ0n) is 15.9. The molecule has 0 unspecified atom stereocenters. The van der Waals surface area contributed by atoms with Crippen LogP contribution < -0.4 is 10.2 Å². The summed E-state index contributed by atoms with van der Waals surface area (Å²) in [6.07, 6.45) is -0.433. The normalized spacial score (nSPS) is 17.6. The number of para-hydroxylation sites is 1. The largest absolute Gasteiger partial charge is 0.327 e. The van der Waals surface area contributed by atoms with Crippen LogP contribution >= 0.6 is 12.6 Å². The standard InChI is InChI=1S/C22H23N3OS/c1-14-7-5-6-8-18(14)25-19(24-20(26)17(13-23)21(25)27)15-9-11-16(12-10-15)22(2,3)4/h5-12,19,27H,1-4H3,(H,24,26)/t19-/m0/s1. The van der Waals surface area contributed by atoms with Crippen molar-refractivity contribution in [1.82, 2.24) is 5.32 Å². The lowest BCUT2D eigenvalue weighted by atomic mass is 9.86. The van der Waals surface area contributed by atoms with Crippen LogP contribution in [0.25, 0.3) is 0 Å². The Kier molecular flexibility index (Phi) is 5.03. The number of carbonyl (C=O) groups excluding carboxylic acids is 1. The summed E-state index contributed by atoms with van der Waals surface area (Å²) < 4.78 is 0. The van der Waals surface area contributed by atoms with Gasteiger partial charge in [-0.1, -0.05) is 63.2 Å². The van der Waals surface area contributed by atoms with Gasteiger partial charge in [-0.2, -0.15) is 5.26 Å². The molecule has 0 bridgehead atoms. The van der Waals surface area contributed by atoms with Crippen LogP contribution in [0.1, 0.15) is 43.6 Å². The van der Waals surface area contributed by atoms with Gasteiger partial charge in [-0.25, -0.2) is 0 Å². The average molecular weight is 378 g/mol. The minimum atomic E-state index is -0.433. The van der Waals surface area contributed by atoms with Gasteiger partial charge in [0.1, 0.15) is 17.8 Å². The molecule has 1 N–H and O–H groups in total. The molecule has 0 saturated carbocycles. The van der Waals surface area contributed by atoms with Crippen molar-refractivity contribution >= 4 is 24.2 Å². The highest BCUT2D eigenvalue weighted by atomic mass is 32.1. The van der Waals surface area contributed by atoms with Gasteiger partial charge >= 0.3 is 0 Å². The Balaban J connectivity index is 2.13. The van der Waals surface area contributed by atoms with E-state index in [4.69, 9.17) is 0 Å². The third-order valence-corrected chi connectivity index (χ3v) is 5.22. The maximum atomic E-state index is 12.4. The summed E-state index contributed by atoms with van der Waals surface area (Å²) in [5.41, 5.74) is 4.16. The van der Waals surface area contributed by atoms with Gasteiger partial charge in [-0.15, -0.1) is 12.6 Å². The lowest BCUT2D eigenvalue weighted by Gasteiger charge is -2.39. The first-order chi connectivity index (χ1) is 12.7. The number of hydrogen-bond donors (Lipinski definition) is 2. The number of nitrogens with one attached hydrogen (secondary N) is 1. The van der Waals surface area contributed by atoms with Gasteiger partial charge in [0.2, 0.25) is 0 Å². The van der Waals surface area contributed by atoms with E-state index in [1.807, 2.05) is 54.3 Å². The molecule has 0 radical (unpaired) electrons. The minimum Gasteiger partial charge on any atom is -0.327 e. The van der Waals surface area contributed by atoms with E-state index < -0.39 is 12.1 Å². The lowest BCUT2D eigenvalue weighted by molar-refractivity contribution is -0.118. The van der Waals surface area contributed by atoms with Crippen molar-refractivity contribution in [3.8, 4) is 6.07 Å². The van der Waals surface area contributed by atoms with E-state index in [2.05, 4.69) is 50.8 Å². The predicted molar refractivity (Wildman–Crippen MR) is 111 cm³/mol. The molecule has 0 spiro atoms. The number of benzene rings is 2. The van der Waals surface area contributed by atoms with Crippen LogP contribution in [0.3, 0.4) is 0 Å². The summed E-state index contributed by atoms with van der Waals surface area (Å²) in [7, 11) is 0. The fraction of sp³-hybridized carbons (Fsp3) is 0.273. The van der Waals surface area contributed by atoms with Crippen molar-refractivity contribution < 1.29 is 4.79 Å². The fourth-order valence-electron chi connectivity index (χ4n) is 3.19. The second-order valence-electron chi connectivity index (χ2n) is 7.71. The van der Waals surface area contributed by atoms with Crippen LogP contribution in [-0.2, 0) is 10.2 Å². The number of amides is 1. The Morgan fingerprint density at radius 2 is 1.74 bits per heavy atom. The summed E-state index contributed by atoms with van der Waals surface area (Å²) in [5, 5.41) is 12.7. The fourth-order valence-corrected chi connectivity index (χ4v) is 3.57. The third kappa shape index (κ3) is 3.58. The Morgan fingerprint density at radius 3 is 2.30 bits per heavy atom. The zero-order valence-corrected chi connectivity index (χ0v) is 16.8. The SMILES string of the molecule is Cc1ccccc1N1C(S)=C(C#N)C(=O)N[C@@H]1c1ccc(C(C)(C)C)cc1. The monoisotopic (exact) mass is 377 g/mol. The number of anilines is 1. The first-order valence-electron chi connectivity index (χ1n) is 8.83. The molecule has 2 aromatic carbocycles. The molecular formula is C22H23N3OS. The summed E-state index contributed by atoms with van der Waals surface area (Å²) in [6, 6.07) is 18.0. The molecule has 2 aromatic rings. The highest BCUT2D eigenvalue weighted by Gasteiger charge is 2.34. The first kappa shape index (κ1) is 19.1. The molecule has 1 aliphatic heterocycles. The predicted octanol–water partition coefficient (Wildman–Crippen LogP) is 4.59. The smallest absolute Gasteiger partial charge is 0.266 e. The number of carbonyl (C=O) groups is 1. The van der Waals surface area contributed by atoms with Gasteiger partial charge in [0.15, 0.2) is 0 Å². The molecule has 4 nitrogen and oxygen atoms in total. The Morgan fingerprint density at radius 1 is 1.11 bits per heavy atom. The van der Waals surface area contributed by atoms with Crippen LogP contribution in [0.15, 0.2) is 59.1 Å². The van der Waals surface area contributed by atoms with Gasteiger partial charge in [0.05, 0.1) is 5.03 Å². The van der Waals surface area contributed by atoms with Crippen molar-refractivity contribution in [1.29, 1.82) is 5.26 Å². The molecule has 138 valence electrons. The summed E-state index contributed by atoms with van der Waals surface area (Å²) in [5.74, 6) is -0.405.